The molecule has 0 atom stereocenters. The molecule has 0 spiro atoms. The van der Waals surface area contributed by atoms with Crippen LogP contribution in [0, 0.1) is 11.3 Å². The van der Waals surface area contributed by atoms with Crippen molar-refractivity contribution in [1.29, 1.82) is 5.26 Å². The van der Waals surface area contributed by atoms with Gasteiger partial charge in [0.2, 0.25) is 0 Å². The normalized spacial score (nSPS) is 10.9. The van der Waals surface area contributed by atoms with Crippen LogP contribution in [0.1, 0.15) is 50.7 Å². The molecule has 0 fully saturated rings. The van der Waals surface area contributed by atoms with Gasteiger partial charge in [-0.25, -0.2) is 0 Å². The molecular formula is C25H30N2O3. The molecule has 158 valence electrons. The Morgan fingerprint density at radius 3 is 2.43 bits per heavy atom. The highest BCUT2D eigenvalue weighted by molar-refractivity contribution is 6.09. The van der Waals surface area contributed by atoms with E-state index >= 15 is 0 Å². The Hall–Kier alpha value is -3.26. The number of methoxy groups -OCH3 is 1. The summed E-state index contributed by atoms with van der Waals surface area (Å²) in [5.41, 5.74) is 2.61. The summed E-state index contributed by atoms with van der Waals surface area (Å²) in [7, 11) is 1.57. The van der Waals surface area contributed by atoms with Crippen LogP contribution >= 0.6 is 0 Å². The van der Waals surface area contributed by atoms with Crippen LogP contribution in [0.3, 0.4) is 0 Å². The van der Waals surface area contributed by atoms with Gasteiger partial charge in [-0.05, 0) is 60.7 Å². The van der Waals surface area contributed by atoms with Gasteiger partial charge < -0.3 is 14.8 Å². The first-order valence-corrected chi connectivity index (χ1v) is 10.4. The fourth-order valence-corrected chi connectivity index (χ4v) is 2.87. The van der Waals surface area contributed by atoms with Gasteiger partial charge in [0.1, 0.15) is 11.6 Å². The number of nitrogens with zero attached hydrogens (tertiary/aromatic N) is 1. The lowest BCUT2D eigenvalue weighted by atomic mass is 10.1. The zero-order valence-corrected chi connectivity index (χ0v) is 18.0. The molecule has 1 N–H and O–H groups in total. The van der Waals surface area contributed by atoms with E-state index in [4.69, 9.17) is 9.47 Å². The van der Waals surface area contributed by atoms with E-state index in [1.807, 2.05) is 30.3 Å². The van der Waals surface area contributed by atoms with Crippen LogP contribution in [0.15, 0.2) is 48.0 Å². The number of carbonyl (C=O) groups excluding carboxylic acids is 1. The molecule has 0 bridgehead atoms. The number of amides is 1. The molecule has 0 aromatic heterocycles. The molecule has 0 radical (unpaired) electrons. The largest absolute Gasteiger partial charge is 0.493 e. The van der Waals surface area contributed by atoms with Crippen LogP contribution < -0.4 is 14.8 Å². The third kappa shape index (κ3) is 6.97. The highest BCUT2D eigenvalue weighted by Gasteiger charge is 2.11. The monoisotopic (exact) mass is 406 g/mol. The average Bonchev–Trinajstić information content (AvgIpc) is 2.77. The third-order valence-corrected chi connectivity index (χ3v) is 4.65. The maximum atomic E-state index is 12.5. The van der Waals surface area contributed by atoms with Crippen molar-refractivity contribution in [2.45, 2.75) is 46.0 Å². The maximum absolute atomic E-state index is 12.5. The van der Waals surface area contributed by atoms with Crippen LogP contribution in [0.25, 0.3) is 6.08 Å². The Kier molecular flexibility index (Phi) is 9.47. The number of anilines is 1. The van der Waals surface area contributed by atoms with Crippen molar-refractivity contribution in [3.8, 4) is 17.6 Å². The molecule has 0 unspecified atom stereocenters. The van der Waals surface area contributed by atoms with Gasteiger partial charge in [0, 0.05) is 5.69 Å². The Bertz CT molecular complexity index is 896. The van der Waals surface area contributed by atoms with Crippen LogP contribution in [0.5, 0.6) is 11.5 Å². The van der Waals surface area contributed by atoms with Crippen molar-refractivity contribution >= 4 is 17.7 Å². The van der Waals surface area contributed by atoms with Crippen LogP contribution in [-0.2, 0) is 11.2 Å². The molecule has 0 heterocycles. The van der Waals surface area contributed by atoms with E-state index in [-0.39, 0.29) is 5.57 Å². The van der Waals surface area contributed by atoms with Gasteiger partial charge >= 0.3 is 0 Å². The van der Waals surface area contributed by atoms with E-state index in [9.17, 15) is 10.1 Å². The molecule has 2 aromatic carbocycles. The number of carbonyl (C=O) groups is 1. The lowest BCUT2D eigenvalue weighted by molar-refractivity contribution is -0.112. The molecule has 1 amide bonds. The van der Waals surface area contributed by atoms with Crippen LogP contribution in [0.4, 0.5) is 5.69 Å². The summed E-state index contributed by atoms with van der Waals surface area (Å²) in [5.74, 6) is 0.774. The number of nitriles is 1. The standard InChI is InChI=1S/C25H30N2O3/c1-4-6-8-19-9-12-22(13-10-19)27-25(28)21(18-26)16-20-11-14-23(24(17-20)29-3)30-15-7-5-2/h9-14,16-17H,4-8,15H2,1-3H3,(H,27,28). The number of hydrogen-bond donors (Lipinski definition) is 1. The van der Waals surface area contributed by atoms with Gasteiger partial charge in [0.25, 0.3) is 5.91 Å². The lowest BCUT2D eigenvalue weighted by Crippen LogP contribution is -2.13. The number of hydrogen-bond acceptors (Lipinski definition) is 4. The van der Waals surface area contributed by atoms with Gasteiger partial charge in [0.15, 0.2) is 11.5 Å². The van der Waals surface area contributed by atoms with E-state index in [0.717, 1.165) is 32.1 Å². The Balaban J connectivity index is 2.10. The lowest BCUT2D eigenvalue weighted by Gasteiger charge is -2.11. The second-order valence-corrected chi connectivity index (χ2v) is 7.04. The molecule has 30 heavy (non-hydrogen) atoms. The Labute approximate surface area is 179 Å². The van der Waals surface area contributed by atoms with E-state index in [1.54, 1.807) is 31.4 Å². The fraction of sp³-hybridized carbons (Fsp3) is 0.360. The number of ether oxygens (including phenoxy) is 2. The number of nitrogens with one attached hydrogen (secondary N) is 1. The van der Waals surface area contributed by atoms with E-state index in [2.05, 4.69) is 19.2 Å². The van der Waals surface area contributed by atoms with Crippen LogP contribution in [-0.4, -0.2) is 19.6 Å². The molecule has 0 aliphatic heterocycles. The minimum atomic E-state index is -0.443. The fourth-order valence-electron chi connectivity index (χ4n) is 2.87. The van der Waals surface area contributed by atoms with Crippen molar-refractivity contribution in [3.05, 3.63) is 59.2 Å². The summed E-state index contributed by atoms with van der Waals surface area (Å²) in [6.07, 6.45) is 6.86. The number of rotatable bonds is 11. The Morgan fingerprint density at radius 1 is 1.07 bits per heavy atom. The molecular weight excluding hydrogens is 376 g/mol. The topological polar surface area (TPSA) is 71.3 Å². The first-order chi connectivity index (χ1) is 14.6. The first-order valence-electron chi connectivity index (χ1n) is 10.4. The summed E-state index contributed by atoms with van der Waals surface area (Å²) in [6.45, 7) is 4.88. The second-order valence-electron chi connectivity index (χ2n) is 7.04. The highest BCUT2D eigenvalue weighted by atomic mass is 16.5. The number of benzene rings is 2. The highest BCUT2D eigenvalue weighted by Crippen LogP contribution is 2.29. The quantitative estimate of drug-likeness (QED) is 0.292. The minimum Gasteiger partial charge on any atom is -0.493 e. The van der Waals surface area contributed by atoms with Gasteiger partial charge in [0.05, 0.1) is 13.7 Å². The smallest absolute Gasteiger partial charge is 0.266 e. The predicted octanol–water partition coefficient (Wildman–Crippen LogP) is 5.76. The molecule has 5 heteroatoms. The summed E-state index contributed by atoms with van der Waals surface area (Å²) >= 11 is 0. The van der Waals surface area contributed by atoms with E-state index in [0.29, 0.717) is 29.4 Å². The SMILES string of the molecule is CCCCOc1ccc(C=C(C#N)C(=O)Nc2ccc(CCCC)cc2)cc1OC. The molecule has 2 aromatic rings. The van der Waals surface area contributed by atoms with Gasteiger partial charge in [-0.2, -0.15) is 5.26 Å². The average molecular weight is 407 g/mol. The maximum Gasteiger partial charge on any atom is 0.266 e. The second kappa shape index (κ2) is 12.3. The van der Waals surface area contributed by atoms with Crippen molar-refractivity contribution in [2.75, 3.05) is 19.0 Å². The number of unbranched alkanes of at least 4 members (excludes halogenated alkanes) is 2. The molecule has 0 aliphatic carbocycles. The van der Waals surface area contributed by atoms with Crippen LogP contribution in [0.2, 0.25) is 0 Å². The Morgan fingerprint density at radius 2 is 1.80 bits per heavy atom. The van der Waals surface area contributed by atoms with E-state index in [1.165, 1.54) is 5.56 Å². The summed E-state index contributed by atoms with van der Waals surface area (Å²) in [4.78, 5) is 12.5. The molecule has 5 nitrogen and oxygen atoms in total. The summed E-state index contributed by atoms with van der Waals surface area (Å²) in [5, 5.41) is 12.3. The van der Waals surface area contributed by atoms with Crippen molar-refractivity contribution in [3.63, 3.8) is 0 Å². The summed E-state index contributed by atoms with van der Waals surface area (Å²) < 4.78 is 11.1. The first kappa shape index (κ1) is 23.0. The van der Waals surface area contributed by atoms with Gasteiger partial charge in [-0.15, -0.1) is 0 Å². The minimum absolute atomic E-state index is 0.0202. The van der Waals surface area contributed by atoms with Crippen molar-refractivity contribution < 1.29 is 14.3 Å². The molecule has 0 saturated carbocycles. The molecule has 0 saturated heterocycles. The number of aryl methyl sites for hydroxylation is 1. The van der Waals surface area contributed by atoms with E-state index < -0.39 is 5.91 Å². The summed E-state index contributed by atoms with van der Waals surface area (Å²) in [6, 6.07) is 15.1. The predicted molar refractivity (Wildman–Crippen MR) is 121 cm³/mol. The van der Waals surface area contributed by atoms with Crippen molar-refractivity contribution in [2.24, 2.45) is 0 Å². The molecule has 0 aliphatic rings. The van der Waals surface area contributed by atoms with Gasteiger partial charge in [-0.3, -0.25) is 4.79 Å². The molecule has 2 rings (SSSR count). The van der Waals surface area contributed by atoms with Gasteiger partial charge in [-0.1, -0.05) is 44.9 Å². The zero-order chi connectivity index (χ0) is 21.8. The zero-order valence-electron chi connectivity index (χ0n) is 18.0. The van der Waals surface area contributed by atoms with Crippen molar-refractivity contribution in [1.82, 2.24) is 0 Å². The third-order valence-electron chi connectivity index (χ3n) is 4.65.